The van der Waals surface area contributed by atoms with Gasteiger partial charge in [0.1, 0.15) is 11.6 Å². The van der Waals surface area contributed by atoms with E-state index in [-0.39, 0.29) is 11.7 Å². The lowest BCUT2D eigenvalue weighted by Gasteiger charge is -2.10. The average Bonchev–Trinajstić information content (AvgIpc) is 3.01. The minimum atomic E-state index is -0.0950. The van der Waals surface area contributed by atoms with Crippen LogP contribution < -0.4 is 5.32 Å². The van der Waals surface area contributed by atoms with Crippen LogP contribution in [0.3, 0.4) is 0 Å². The standard InChI is InChI=1S/C39H72O2.C2H7N/c1-4-6-8-10-12-14-16-18-20-22-24-26-28-30-32-34-38(40)36-37(3)39(41)35-33-31-29-27-25-23-21-19-17-15-13-11-9-7-5-2;1-3-2/h18-21,37H,4-17,22-36H2,1-3H3;3H,1-2H3/b20-18-,21-19-;. The molecule has 3 heteroatoms. The number of allylic oxidation sites excluding steroid dienone is 4. The highest BCUT2D eigenvalue weighted by atomic mass is 16.1. The van der Waals surface area contributed by atoms with Gasteiger partial charge in [0.25, 0.3) is 0 Å². The summed E-state index contributed by atoms with van der Waals surface area (Å²) < 4.78 is 0. The number of hydrogen-bond donors (Lipinski definition) is 1. The molecule has 0 fully saturated rings. The fraction of sp³-hybridized carbons (Fsp3) is 0.854. The predicted octanol–water partition coefficient (Wildman–Crippen LogP) is 13.1. The minimum Gasteiger partial charge on any atom is -0.323 e. The van der Waals surface area contributed by atoms with Crippen molar-refractivity contribution in [2.24, 2.45) is 5.92 Å². The Morgan fingerprint density at radius 2 is 0.773 bits per heavy atom. The van der Waals surface area contributed by atoms with Gasteiger partial charge >= 0.3 is 0 Å². The summed E-state index contributed by atoms with van der Waals surface area (Å²) in [6, 6.07) is 0. The second-order valence-corrected chi connectivity index (χ2v) is 13.3. The van der Waals surface area contributed by atoms with Crippen molar-refractivity contribution in [2.75, 3.05) is 14.1 Å². The number of rotatable bonds is 33. The van der Waals surface area contributed by atoms with E-state index in [0.29, 0.717) is 25.0 Å². The quantitative estimate of drug-likeness (QED) is 0.0588. The molecule has 1 unspecified atom stereocenters. The van der Waals surface area contributed by atoms with Gasteiger partial charge in [-0.25, -0.2) is 0 Å². The molecule has 260 valence electrons. The van der Waals surface area contributed by atoms with Crippen LogP contribution in [0.15, 0.2) is 24.3 Å². The third-order valence-electron chi connectivity index (χ3n) is 8.49. The smallest absolute Gasteiger partial charge is 0.136 e. The monoisotopic (exact) mass is 618 g/mol. The molecule has 0 saturated carbocycles. The van der Waals surface area contributed by atoms with Gasteiger partial charge in [0, 0.05) is 25.2 Å². The fourth-order valence-corrected chi connectivity index (χ4v) is 5.57. The Labute approximate surface area is 277 Å². The highest BCUT2D eigenvalue weighted by Gasteiger charge is 2.16. The third kappa shape index (κ3) is 38.8. The van der Waals surface area contributed by atoms with Crippen LogP contribution >= 0.6 is 0 Å². The van der Waals surface area contributed by atoms with Gasteiger partial charge in [-0.2, -0.15) is 0 Å². The molecule has 0 aliphatic rings. The van der Waals surface area contributed by atoms with Crippen molar-refractivity contribution >= 4 is 11.6 Å². The number of Topliss-reactive ketones (excluding diaryl/α,β-unsaturated/α-hetero) is 2. The summed E-state index contributed by atoms with van der Waals surface area (Å²) in [6.07, 6.45) is 44.4. The van der Waals surface area contributed by atoms with Crippen molar-refractivity contribution in [3.05, 3.63) is 24.3 Å². The molecule has 44 heavy (non-hydrogen) atoms. The summed E-state index contributed by atoms with van der Waals surface area (Å²) in [7, 11) is 3.75. The first kappa shape index (κ1) is 44.9. The molecule has 0 spiro atoms. The van der Waals surface area contributed by atoms with E-state index in [9.17, 15) is 9.59 Å². The molecule has 0 aromatic rings. The van der Waals surface area contributed by atoms with Gasteiger partial charge in [0.2, 0.25) is 0 Å². The van der Waals surface area contributed by atoms with E-state index in [2.05, 4.69) is 43.5 Å². The Balaban J connectivity index is 0. The van der Waals surface area contributed by atoms with Gasteiger partial charge in [0.15, 0.2) is 0 Å². The lowest BCUT2D eigenvalue weighted by atomic mass is 9.94. The number of ketones is 2. The van der Waals surface area contributed by atoms with Crippen LogP contribution in [0.25, 0.3) is 0 Å². The Morgan fingerprint density at radius 1 is 0.477 bits per heavy atom. The molecule has 0 aliphatic heterocycles. The Hall–Kier alpha value is -1.22. The number of hydrogen-bond acceptors (Lipinski definition) is 3. The largest absolute Gasteiger partial charge is 0.323 e. The van der Waals surface area contributed by atoms with E-state index in [1.165, 1.54) is 141 Å². The van der Waals surface area contributed by atoms with Crippen molar-refractivity contribution in [1.29, 1.82) is 0 Å². The van der Waals surface area contributed by atoms with Crippen LogP contribution in [0.5, 0.6) is 0 Å². The molecule has 0 bridgehead atoms. The van der Waals surface area contributed by atoms with Crippen molar-refractivity contribution in [3.63, 3.8) is 0 Å². The third-order valence-corrected chi connectivity index (χ3v) is 8.49. The summed E-state index contributed by atoms with van der Waals surface area (Å²) in [5.41, 5.74) is 0. The van der Waals surface area contributed by atoms with Crippen molar-refractivity contribution in [3.8, 4) is 0 Å². The van der Waals surface area contributed by atoms with Crippen LogP contribution in [-0.2, 0) is 9.59 Å². The lowest BCUT2D eigenvalue weighted by Crippen LogP contribution is -2.15. The molecular formula is C41H79NO2. The number of carbonyl (C=O) groups is 2. The second-order valence-electron chi connectivity index (χ2n) is 13.3. The van der Waals surface area contributed by atoms with Gasteiger partial charge < -0.3 is 5.32 Å². The van der Waals surface area contributed by atoms with Crippen LogP contribution in [0.1, 0.15) is 207 Å². The molecule has 3 nitrogen and oxygen atoms in total. The van der Waals surface area contributed by atoms with Gasteiger partial charge in [-0.1, -0.05) is 148 Å². The molecule has 0 amide bonds. The van der Waals surface area contributed by atoms with Gasteiger partial charge in [0.05, 0.1) is 0 Å². The zero-order valence-corrected chi connectivity index (χ0v) is 30.7. The molecule has 0 aliphatic carbocycles. The van der Waals surface area contributed by atoms with Crippen LogP contribution in [0, 0.1) is 5.92 Å². The molecule has 0 aromatic heterocycles. The van der Waals surface area contributed by atoms with Crippen LogP contribution in [0.4, 0.5) is 0 Å². The zero-order valence-electron chi connectivity index (χ0n) is 30.7. The molecule has 0 radical (unpaired) electrons. The van der Waals surface area contributed by atoms with E-state index in [4.69, 9.17) is 0 Å². The van der Waals surface area contributed by atoms with Gasteiger partial charge in [-0.15, -0.1) is 0 Å². The second kappa shape index (κ2) is 39.8. The van der Waals surface area contributed by atoms with Gasteiger partial charge in [-0.05, 0) is 78.3 Å². The summed E-state index contributed by atoms with van der Waals surface area (Å²) in [5.74, 6) is 0.482. The summed E-state index contributed by atoms with van der Waals surface area (Å²) in [6.45, 7) is 6.50. The number of nitrogens with one attached hydrogen (secondary N) is 1. The van der Waals surface area contributed by atoms with Crippen LogP contribution in [-0.4, -0.2) is 25.7 Å². The maximum Gasteiger partial charge on any atom is 0.136 e. The topological polar surface area (TPSA) is 46.2 Å². The van der Waals surface area contributed by atoms with E-state index in [1.807, 2.05) is 21.0 Å². The van der Waals surface area contributed by atoms with Crippen molar-refractivity contribution in [1.82, 2.24) is 5.32 Å². The molecule has 1 atom stereocenters. The Kier molecular flexibility index (Phi) is 40.6. The molecular weight excluding hydrogens is 538 g/mol. The molecule has 1 N–H and O–H groups in total. The molecule has 0 rings (SSSR count). The van der Waals surface area contributed by atoms with E-state index in [1.54, 1.807) is 0 Å². The van der Waals surface area contributed by atoms with E-state index in [0.717, 1.165) is 25.7 Å². The first-order valence-electron chi connectivity index (χ1n) is 19.5. The SMILES string of the molecule is CCCCCCCC/C=C\CCCCCCCC(=O)CC(C)C(=O)CCCCCCC/C=C\CCCCCCCC.CNC. The molecule has 0 aromatic carbocycles. The molecule has 0 heterocycles. The first-order chi connectivity index (χ1) is 21.5. The van der Waals surface area contributed by atoms with Gasteiger partial charge in [-0.3, -0.25) is 9.59 Å². The van der Waals surface area contributed by atoms with Crippen LogP contribution in [0.2, 0.25) is 0 Å². The van der Waals surface area contributed by atoms with E-state index >= 15 is 0 Å². The predicted molar refractivity (Wildman–Crippen MR) is 198 cm³/mol. The maximum atomic E-state index is 12.5. The highest BCUT2D eigenvalue weighted by Crippen LogP contribution is 2.16. The molecule has 0 saturated heterocycles. The summed E-state index contributed by atoms with van der Waals surface area (Å²) in [5, 5.41) is 2.75. The summed E-state index contributed by atoms with van der Waals surface area (Å²) >= 11 is 0. The fourth-order valence-electron chi connectivity index (χ4n) is 5.57. The number of carbonyl (C=O) groups excluding carboxylic acids is 2. The Bertz CT molecular complexity index is 639. The van der Waals surface area contributed by atoms with Crippen molar-refractivity contribution in [2.45, 2.75) is 207 Å². The minimum absolute atomic E-state index is 0.0950. The zero-order chi connectivity index (χ0) is 32.8. The maximum absolute atomic E-state index is 12.5. The highest BCUT2D eigenvalue weighted by molar-refractivity contribution is 5.87. The summed E-state index contributed by atoms with van der Waals surface area (Å²) in [4.78, 5) is 24.8. The normalized spacial score (nSPS) is 12.1. The first-order valence-corrected chi connectivity index (χ1v) is 19.5. The Morgan fingerprint density at radius 3 is 1.14 bits per heavy atom. The lowest BCUT2D eigenvalue weighted by molar-refractivity contribution is -0.127. The van der Waals surface area contributed by atoms with Crippen molar-refractivity contribution < 1.29 is 9.59 Å². The number of unbranched alkanes of at least 4 members (excludes halogenated alkanes) is 22. The van der Waals surface area contributed by atoms with E-state index < -0.39 is 0 Å². The average molecular weight is 618 g/mol.